The molecule has 0 unspecified atom stereocenters. The van der Waals surface area contributed by atoms with Crippen LogP contribution in [-0.4, -0.2) is 35.0 Å². The average Bonchev–Trinajstić information content (AvgIpc) is 3.31. The molecule has 0 atom stereocenters. The van der Waals surface area contributed by atoms with Gasteiger partial charge in [0.1, 0.15) is 0 Å². The van der Waals surface area contributed by atoms with E-state index in [1.165, 1.54) is 22.3 Å². The first kappa shape index (κ1) is 31.3. The van der Waals surface area contributed by atoms with E-state index in [1.54, 1.807) is 0 Å². The predicted molar refractivity (Wildman–Crippen MR) is 162 cm³/mol. The summed E-state index contributed by atoms with van der Waals surface area (Å²) in [6, 6.07) is 18.3. The molecule has 0 spiro atoms. The van der Waals surface area contributed by atoms with E-state index in [0.717, 1.165) is 42.2 Å². The summed E-state index contributed by atoms with van der Waals surface area (Å²) in [5.41, 5.74) is 9.10. The Kier molecular flexibility index (Phi) is 13.9. The second-order valence-electron chi connectivity index (χ2n) is 9.73. The van der Waals surface area contributed by atoms with Crippen LogP contribution in [0.15, 0.2) is 76.7 Å². The van der Waals surface area contributed by atoms with Gasteiger partial charge in [-0.1, -0.05) is 81.4 Å². The van der Waals surface area contributed by atoms with E-state index in [2.05, 4.69) is 125 Å². The maximum atomic E-state index is 4.65. The molecule has 36 heavy (non-hydrogen) atoms. The van der Waals surface area contributed by atoms with Gasteiger partial charge in [-0.2, -0.15) is 0 Å². The smallest absolute Gasteiger partial charge is 0.0790 e. The molecule has 3 heteroatoms. The molecule has 0 amide bonds. The van der Waals surface area contributed by atoms with Crippen molar-refractivity contribution in [1.29, 1.82) is 0 Å². The lowest BCUT2D eigenvalue weighted by molar-refractivity contribution is 0.166. The summed E-state index contributed by atoms with van der Waals surface area (Å²) in [5, 5.41) is 0. The number of aryl methyl sites for hydroxylation is 2. The third-order valence-corrected chi connectivity index (χ3v) is 6.06. The molecule has 3 rings (SSSR count). The molecule has 2 aromatic rings. The lowest BCUT2D eigenvalue weighted by Crippen LogP contribution is -2.36. The van der Waals surface area contributed by atoms with Crippen molar-refractivity contribution in [2.75, 3.05) is 6.54 Å². The summed E-state index contributed by atoms with van der Waals surface area (Å²) >= 11 is 0. The van der Waals surface area contributed by atoms with Gasteiger partial charge in [0.15, 0.2) is 0 Å². The van der Waals surface area contributed by atoms with Crippen LogP contribution >= 0.6 is 0 Å². The van der Waals surface area contributed by atoms with E-state index < -0.39 is 0 Å². The zero-order valence-electron chi connectivity index (χ0n) is 24.5. The van der Waals surface area contributed by atoms with Crippen molar-refractivity contribution in [2.45, 2.75) is 94.3 Å². The van der Waals surface area contributed by atoms with E-state index in [9.17, 15) is 0 Å². The maximum absolute atomic E-state index is 4.65. The number of rotatable bonds is 8. The Morgan fingerprint density at radius 2 is 1.44 bits per heavy atom. The molecule has 3 nitrogen and oxygen atoms in total. The topological polar surface area (TPSA) is 28.0 Å². The second-order valence-corrected chi connectivity index (χ2v) is 9.73. The Bertz CT molecular complexity index is 1010. The molecule has 0 saturated carbocycles. The standard InChI is InChI=1S/C22H31N3.C9H12.C2H6/c1-15(2)25(16(3)4)14-20-8-10-21(11-9-20)18(6)24-19(7)22-12-17(5)13-23-22;1-3-9-6-4-8(2)5-7-9;1-2/h8-12,15-16H,6,13-14H2,1-5,7H3;4-7H,3H2,1-2H3;1-2H3. The van der Waals surface area contributed by atoms with E-state index >= 15 is 0 Å². The van der Waals surface area contributed by atoms with E-state index in [4.69, 9.17) is 0 Å². The molecule has 1 heterocycles. The molecule has 1 aliphatic rings. The fraction of sp³-hybridized carbons (Fsp3) is 0.455. The van der Waals surface area contributed by atoms with Crippen LogP contribution in [0.4, 0.5) is 0 Å². The van der Waals surface area contributed by atoms with Crippen molar-refractivity contribution in [1.82, 2.24) is 4.90 Å². The van der Waals surface area contributed by atoms with Crippen LogP contribution < -0.4 is 0 Å². The van der Waals surface area contributed by atoms with Crippen LogP contribution in [0.2, 0.25) is 0 Å². The summed E-state index contributed by atoms with van der Waals surface area (Å²) in [4.78, 5) is 11.6. The number of allylic oxidation sites excluding steroid dienone is 1. The van der Waals surface area contributed by atoms with E-state index in [0.29, 0.717) is 12.1 Å². The van der Waals surface area contributed by atoms with Gasteiger partial charge in [-0.05, 0) is 83.2 Å². The molecule has 0 radical (unpaired) electrons. The highest BCUT2D eigenvalue weighted by Crippen LogP contribution is 2.18. The van der Waals surface area contributed by atoms with Crippen molar-refractivity contribution >= 4 is 17.1 Å². The second kappa shape index (κ2) is 16.1. The van der Waals surface area contributed by atoms with Crippen LogP contribution in [0.25, 0.3) is 5.70 Å². The molecule has 0 bridgehead atoms. The highest BCUT2D eigenvalue weighted by Gasteiger charge is 2.14. The molecule has 2 aromatic carbocycles. The van der Waals surface area contributed by atoms with Gasteiger partial charge in [-0.15, -0.1) is 0 Å². The van der Waals surface area contributed by atoms with Crippen molar-refractivity contribution in [3.8, 4) is 0 Å². The van der Waals surface area contributed by atoms with Gasteiger partial charge < -0.3 is 0 Å². The summed E-state index contributed by atoms with van der Waals surface area (Å²) in [5.74, 6) is 0. The predicted octanol–water partition coefficient (Wildman–Crippen LogP) is 8.72. The maximum Gasteiger partial charge on any atom is 0.0790 e. The van der Waals surface area contributed by atoms with Crippen molar-refractivity contribution in [3.63, 3.8) is 0 Å². The molecule has 0 fully saturated rings. The van der Waals surface area contributed by atoms with Crippen molar-refractivity contribution in [2.24, 2.45) is 9.98 Å². The number of aliphatic imine (C=N–C) groups is 2. The van der Waals surface area contributed by atoms with Gasteiger partial charge in [0.05, 0.1) is 23.7 Å². The zero-order chi connectivity index (χ0) is 27.3. The molecular formula is C33H49N3. The molecule has 196 valence electrons. The highest BCUT2D eigenvalue weighted by atomic mass is 15.2. The Morgan fingerprint density at radius 3 is 1.89 bits per heavy atom. The van der Waals surface area contributed by atoms with Crippen LogP contribution in [0.3, 0.4) is 0 Å². The lowest BCUT2D eigenvalue weighted by Gasteiger charge is -2.30. The number of hydrogen-bond donors (Lipinski definition) is 0. The fourth-order valence-electron chi connectivity index (χ4n) is 3.88. The van der Waals surface area contributed by atoms with Crippen LogP contribution in [0.1, 0.15) is 84.6 Å². The minimum Gasteiger partial charge on any atom is -0.294 e. The van der Waals surface area contributed by atoms with E-state index in [-0.39, 0.29) is 0 Å². The largest absolute Gasteiger partial charge is 0.294 e. The summed E-state index contributed by atoms with van der Waals surface area (Å²) in [6.45, 7) is 27.2. The number of hydrogen-bond acceptors (Lipinski definition) is 3. The zero-order valence-corrected chi connectivity index (χ0v) is 24.5. The first-order valence-electron chi connectivity index (χ1n) is 13.5. The van der Waals surface area contributed by atoms with Crippen molar-refractivity contribution in [3.05, 3.63) is 89.0 Å². The third kappa shape index (κ3) is 10.5. The van der Waals surface area contributed by atoms with Crippen LogP contribution in [0, 0.1) is 6.92 Å². The highest BCUT2D eigenvalue weighted by molar-refractivity contribution is 6.47. The van der Waals surface area contributed by atoms with Crippen LogP contribution in [-0.2, 0) is 13.0 Å². The van der Waals surface area contributed by atoms with Gasteiger partial charge in [-0.25, -0.2) is 0 Å². The molecule has 0 saturated heterocycles. The normalized spacial score (nSPS) is 13.1. The fourth-order valence-corrected chi connectivity index (χ4v) is 3.88. The summed E-state index contributed by atoms with van der Waals surface area (Å²) in [7, 11) is 0. The quantitative estimate of drug-likeness (QED) is 0.342. The molecular weight excluding hydrogens is 438 g/mol. The van der Waals surface area contributed by atoms with Crippen LogP contribution in [0.5, 0.6) is 0 Å². The molecule has 1 aliphatic heterocycles. The van der Waals surface area contributed by atoms with Gasteiger partial charge in [0.25, 0.3) is 0 Å². The molecule has 0 aliphatic carbocycles. The minimum atomic E-state index is 0.533. The first-order chi connectivity index (χ1) is 17.1. The minimum absolute atomic E-state index is 0.533. The summed E-state index contributed by atoms with van der Waals surface area (Å²) < 4.78 is 0. The van der Waals surface area contributed by atoms with E-state index in [1.807, 2.05) is 20.8 Å². The van der Waals surface area contributed by atoms with Gasteiger partial charge in [0, 0.05) is 18.6 Å². The Balaban J connectivity index is 0.000000491. The molecule has 0 N–H and O–H groups in total. The number of benzene rings is 2. The average molecular weight is 488 g/mol. The Labute approximate surface area is 221 Å². The monoisotopic (exact) mass is 487 g/mol. The van der Waals surface area contributed by atoms with Gasteiger partial charge >= 0.3 is 0 Å². The SMILES string of the molecule is C=C(N=C(C)C1=NCC(C)=C1)c1ccc(CN(C(C)C)C(C)C)cc1.CC.CCc1ccc(C)cc1. The Morgan fingerprint density at radius 1 is 0.917 bits per heavy atom. The Hall–Kier alpha value is -2.78. The lowest BCUT2D eigenvalue weighted by atomic mass is 10.1. The molecule has 0 aromatic heterocycles. The van der Waals surface area contributed by atoms with Gasteiger partial charge in [0.2, 0.25) is 0 Å². The third-order valence-electron chi connectivity index (χ3n) is 6.06. The van der Waals surface area contributed by atoms with Gasteiger partial charge in [-0.3, -0.25) is 14.9 Å². The first-order valence-corrected chi connectivity index (χ1v) is 13.5. The summed E-state index contributed by atoms with van der Waals surface area (Å²) in [6.07, 6.45) is 3.24. The van der Waals surface area contributed by atoms with Crippen molar-refractivity contribution < 1.29 is 0 Å². The number of nitrogens with zero attached hydrogens (tertiary/aromatic N) is 3.